The predicted molar refractivity (Wildman–Crippen MR) is 149 cm³/mol. The molecule has 2 heterocycles. The number of likely N-dealkylation sites (tertiary alicyclic amines) is 2. The second-order valence-electron chi connectivity index (χ2n) is 10.4. The number of carbonyl (C=O) groups is 2. The van der Waals surface area contributed by atoms with Crippen molar-refractivity contribution in [3.63, 3.8) is 0 Å². The molecule has 0 N–H and O–H groups in total. The number of piperidine rings is 1. The lowest BCUT2D eigenvalue weighted by molar-refractivity contribution is -0.127. The summed E-state index contributed by atoms with van der Waals surface area (Å²) in [4.78, 5) is 31.9. The Morgan fingerprint density at radius 2 is 1.81 bits per heavy atom. The van der Waals surface area contributed by atoms with E-state index in [4.69, 9.17) is 0 Å². The van der Waals surface area contributed by atoms with Crippen LogP contribution >= 0.6 is 12.4 Å². The van der Waals surface area contributed by atoms with Gasteiger partial charge in [-0.05, 0) is 68.1 Å². The average molecular weight is 508 g/mol. The number of hydrogen-bond acceptors (Lipinski definition) is 3. The van der Waals surface area contributed by atoms with Gasteiger partial charge in [-0.25, -0.2) is 0 Å². The molecule has 2 saturated heterocycles. The van der Waals surface area contributed by atoms with Gasteiger partial charge in [0.15, 0.2) is 0 Å². The molecule has 0 aromatic heterocycles. The summed E-state index contributed by atoms with van der Waals surface area (Å²) < 4.78 is 0. The zero-order chi connectivity index (χ0) is 24.4. The maximum atomic E-state index is 13.6. The number of nitrogens with zero attached hydrogens (tertiary/aromatic N) is 3. The standard InChI is InChI=1S/C30H37N3O2.ClH/c1-3-23-9-5-7-12-27(23)33(29(35)25-21-28(34)31(2)22-25)18-8-17-32-19-15-30(16-20-32)14-13-24-10-4-6-11-26(24)30;/h4-7,9-14,25H,3,8,15-22H2,1-2H3;1H. The molecule has 1 atom stereocenters. The highest BCUT2D eigenvalue weighted by Crippen LogP contribution is 2.43. The zero-order valence-electron chi connectivity index (χ0n) is 21.5. The maximum Gasteiger partial charge on any atom is 0.232 e. The Morgan fingerprint density at radius 1 is 1.08 bits per heavy atom. The zero-order valence-corrected chi connectivity index (χ0v) is 22.3. The van der Waals surface area contributed by atoms with Gasteiger partial charge in [0.25, 0.3) is 0 Å². The van der Waals surface area contributed by atoms with Crippen LogP contribution < -0.4 is 4.90 Å². The predicted octanol–water partition coefficient (Wildman–Crippen LogP) is 4.93. The molecular weight excluding hydrogens is 470 g/mol. The van der Waals surface area contributed by atoms with Gasteiger partial charge in [-0.1, -0.05) is 61.5 Å². The van der Waals surface area contributed by atoms with Crippen molar-refractivity contribution in [2.75, 3.05) is 44.7 Å². The normalized spacial score (nSPS) is 20.4. The molecule has 192 valence electrons. The Hall–Kier alpha value is -2.63. The Labute approximate surface area is 221 Å². The number of benzene rings is 2. The van der Waals surface area contributed by atoms with E-state index in [9.17, 15) is 9.59 Å². The molecule has 2 fully saturated rings. The SMILES string of the molecule is CCc1ccccc1N(CCCN1CCC2(C=Cc3ccccc32)CC1)C(=O)C1CC(=O)N(C)C1.Cl. The molecule has 36 heavy (non-hydrogen) atoms. The fraction of sp³-hybridized carbons (Fsp3) is 0.467. The molecule has 2 aliphatic heterocycles. The van der Waals surface area contributed by atoms with Gasteiger partial charge in [0, 0.05) is 37.7 Å². The Bertz CT molecular complexity index is 1120. The molecule has 5 nitrogen and oxygen atoms in total. The van der Waals surface area contributed by atoms with E-state index in [1.54, 1.807) is 11.9 Å². The van der Waals surface area contributed by atoms with Gasteiger partial charge in [0.1, 0.15) is 0 Å². The van der Waals surface area contributed by atoms with E-state index >= 15 is 0 Å². The van der Waals surface area contributed by atoms with E-state index in [0.29, 0.717) is 19.5 Å². The van der Waals surface area contributed by atoms with Crippen LogP contribution in [-0.4, -0.2) is 61.4 Å². The fourth-order valence-corrected chi connectivity index (χ4v) is 6.17. The number of rotatable bonds is 7. The molecule has 1 spiro atoms. The topological polar surface area (TPSA) is 43.9 Å². The van der Waals surface area contributed by atoms with Gasteiger partial charge in [-0.2, -0.15) is 0 Å². The minimum Gasteiger partial charge on any atom is -0.345 e. The summed E-state index contributed by atoms with van der Waals surface area (Å²) in [6, 6.07) is 17.0. The lowest BCUT2D eigenvalue weighted by Crippen LogP contribution is -2.43. The van der Waals surface area contributed by atoms with Crippen molar-refractivity contribution in [2.45, 2.75) is 44.4 Å². The average Bonchev–Trinajstić information content (AvgIpc) is 3.42. The summed E-state index contributed by atoms with van der Waals surface area (Å²) in [7, 11) is 1.79. The van der Waals surface area contributed by atoms with E-state index in [2.05, 4.69) is 60.4 Å². The third kappa shape index (κ3) is 5.09. The van der Waals surface area contributed by atoms with Crippen LogP contribution in [0.15, 0.2) is 54.6 Å². The van der Waals surface area contributed by atoms with Crippen LogP contribution in [0, 0.1) is 5.92 Å². The second kappa shape index (κ2) is 11.2. The van der Waals surface area contributed by atoms with Crippen molar-refractivity contribution in [3.8, 4) is 0 Å². The van der Waals surface area contributed by atoms with Crippen molar-refractivity contribution < 1.29 is 9.59 Å². The van der Waals surface area contributed by atoms with Gasteiger partial charge in [-0.15, -0.1) is 12.4 Å². The van der Waals surface area contributed by atoms with Crippen molar-refractivity contribution in [1.82, 2.24) is 9.80 Å². The minimum atomic E-state index is -0.249. The van der Waals surface area contributed by atoms with E-state index in [0.717, 1.165) is 51.0 Å². The van der Waals surface area contributed by atoms with Crippen LogP contribution in [0.3, 0.4) is 0 Å². The van der Waals surface area contributed by atoms with E-state index in [1.165, 1.54) is 16.7 Å². The van der Waals surface area contributed by atoms with Gasteiger partial charge in [-0.3, -0.25) is 9.59 Å². The van der Waals surface area contributed by atoms with Gasteiger partial charge in [0.2, 0.25) is 11.8 Å². The first-order valence-electron chi connectivity index (χ1n) is 13.1. The molecule has 6 heteroatoms. The molecule has 2 amide bonds. The molecule has 1 unspecified atom stereocenters. The maximum absolute atomic E-state index is 13.6. The van der Waals surface area contributed by atoms with Crippen LogP contribution in [0.2, 0.25) is 0 Å². The van der Waals surface area contributed by atoms with Crippen molar-refractivity contribution in [2.24, 2.45) is 5.92 Å². The number of anilines is 1. The first kappa shape index (κ1) is 26.4. The third-order valence-corrected chi connectivity index (χ3v) is 8.30. The second-order valence-corrected chi connectivity index (χ2v) is 10.4. The molecule has 1 aliphatic carbocycles. The summed E-state index contributed by atoms with van der Waals surface area (Å²) in [6.45, 7) is 6.50. The number of para-hydroxylation sites is 1. The number of amides is 2. The molecular formula is C30H38ClN3O2. The molecule has 2 aromatic carbocycles. The molecule has 0 bridgehead atoms. The van der Waals surface area contributed by atoms with Crippen LogP contribution in [0.5, 0.6) is 0 Å². The first-order valence-corrected chi connectivity index (χ1v) is 13.1. The highest BCUT2D eigenvalue weighted by molar-refractivity contribution is 5.99. The molecule has 0 saturated carbocycles. The quantitative estimate of drug-likeness (QED) is 0.533. The summed E-state index contributed by atoms with van der Waals surface area (Å²) in [6.07, 6.45) is 9.16. The summed E-state index contributed by atoms with van der Waals surface area (Å²) in [5, 5.41) is 0. The van der Waals surface area contributed by atoms with Gasteiger partial charge < -0.3 is 14.7 Å². The van der Waals surface area contributed by atoms with Crippen molar-refractivity contribution in [1.29, 1.82) is 0 Å². The van der Waals surface area contributed by atoms with E-state index in [-0.39, 0.29) is 35.6 Å². The first-order chi connectivity index (χ1) is 17.0. The number of fused-ring (bicyclic) bond motifs is 2. The summed E-state index contributed by atoms with van der Waals surface area (Å²) >= 11 is 0. The van der Waals surface area contributed by atoms with Crippen LogP contribution in [0.1, 0.15) is 49.3 Å². The number of halogens is 1. The van der Waals surface area contributed by atoms with Gasteiger partial charge in [0.05, 0.1) is 5.92 Å². The number of carbonyl (C=O) groups excluding carboxylic acids is 2. The Kier molecular flexibility index (Phi) is 8.21. The highest BCUT2D eigenvalue weighted by Gasteiger charge is 2.38. The smallest absolute Gasteiger partial charge is 0.232 e. The lowest BCUT2D eigenvalue weighted by atomic mass is 9.74. The molecule has 5 rings (SSSR count). The number of aryl methyl sites for hydroxylation is 1. The van der Waals surface area contributed by atoms with Crippen molar-refractivity contribution in [3.05, 3.63) is 71.3 Å². The largest absolute Gasteiger partial charge is 0.345 e. The van der Waals surface area contributed by atoms with Crippen LogP contribution in [-0.2, 0) is 21.4 Å². The Balaban J connectivity index is 0.00000304. The summed E-state index contributed by atoms with van der Waals surface area (Å²) in [5.41, 5.74) is 5.26. The van der Waals surface area contributed by atoms with E-state index in [1.807, 2.05) is 17.0 Å². The van der Waals surface area contributed by atoms with Crippen LogP contribution in [0.25, 0.3) is 6.08 Å². The monoisotopic (exact) mass is 507 g/mol. The van der Waals surface area contributed by atoms with Gasteiger partial charge >= 0.3 is 0 Å². The highest BCUT2D eigenvalue weighted by atomic mass is 35.5. The molecule has 0 radical (unpaired) electrons. The van der Waals surface area contributed by atoms with Crippen molar-refractivity contribution >= 4 is 36.0 Å². The third-order valence-electron chi connectivity index (χ3n) is 8.30. The molecule has 2 aromatic rings. The lowest BCUT2D eigenvalue weighted by Gasteiger charge is -2.39. The number of allylic oxidation sites excluding steroid dienone is 1. The fourth-order valence-electron chi connectivity index (χ4n) is 6.17. The Morgan fingerprint density at radius 3 is 2.53 bits per heavy atom. The molecule has 3 aliphatic rings. The van der Waals surface area contributed by atoms with E-state index < -0.39 is 0 Å². The minimum absolute atomic E-state index is 0. The number of hydrogen-bond donors (Lipinski definition) is 0. The summed E-state index contributed by atoms with van der Waals surface area (Å²) in [5.74, 6) is -0.0905. The van der Waals surface area contributed by atoms with Crippen LogP contribution in [0.4, 0.5) is 5.69 Å².